The molecule has 0 aliphatic heterocycles. The minimum Gasteiger partial charge on any atom is -0.458 e. The molecule has 1 saturated carbocycles. The predicted molar refractivity (Wildman–Crippen MR) is 110 cm³/mol. The molecule has 1 rings (SSSR count). The summed E-state index contributed by atoms with van der Waals surface area (Å²) in [5, 5.41) is 0. The fourth-order valence-corrected chi connectivity index (χ4v) is 4.43. The summed E-state index contributed by atoms with van der Waals surface area (Å²) in [6.07, 6.45) is -0.372. The first-order valence-electron chi connectivity index (χ1n) is 11.1. The third kappa shape index (κ3) is 6.61. The van der Waals surface area contributed by atoms with Crippen LogP contribution in [-0.2, 0) is 19.1 Å². The van der Waals surface area contributed by atoms with Gasteiger partial charge in [-0.15, -0.1) is 0 Å². The van der Waals surface area contributed by atoms with E-state index in [9.17, 15) is 22.8 Å². The van der Waals surface area contributed by atoms with Crippen LogP contribution in [0.4, 0.5) is 13.2 Å². The number of halogens is 3. The highest BCUT2D eigenvalue weighted by molar-refractivity contribution is 5.79. The third-order valence-corrected chi connectivity index (χ3v) is 7.00. The number of carbonyl (C=O) groups excluding carboxylic acids is 2. The Balaban J connectivity index is 3.15. The molecule has 1 aliphatic carbocycles. The molecule has 0 aromatic carbocycles. The van der Waals surface area contributed by atoms with Gasteiger partial charge in [0, 0.05) is 0 Å². The Bertz CT molecular complexity index is 592. The van der Waals surface area contributed by atoms with Crippen LogP contribution in [0.1, 0.15) is 93.4 Å². The molecule has 0 aromatic heterocycles. The SMILES string of the molecule is CCC(C(=O)OCC(F)(F)F)C1(OC(=O)C(C)(CC(C)(C)CC)C(C)C)CCCC1. The highest BCUT2D eigenvalue weighted by atomic mass is 19.4. The van der Waals surface area contributed by atoms with Crippen molar-refractivity contribution in [1.29, 1.82) is 0 Å². The number of ether oxygens (including phenoxy) is 2. The van der Waals surface area contributed by atoms with Crippen molar-refractivity contribution < 1.29 is 32.2 Å². The summed E-state index contributed by atoms with van der Waals surface area (Å²) < 4.78 is 48.3. The van der Waals surface area contributed by atoms with Gasteiger partial charge in [-0.2, -0.15) is 13.2 Å². The highest BCUT2D eigenvalue weighted by Crippen LogP contribution is 2.47. The first-order chi connectivity index (χ1) is 13.6. The van der Waals surface area contributed by atoms with E-state index in [4.69, 9.17) is 4.74 Å². The first kappa shape index (κ1) is 26.8. The molecule has 0 heterocycles. The molecule has 0 amide bonds. The summed E-state index contributed by atoms with van der Waals surface area (Å²) in [7, 11) is 0. The molecule has 0 radical (unpaired) electrons. The minimum absolute atomic E-state index is 0.00605. The number of hydrogen-bond donors (Lipinski definition) is 0. The van der Waals surface area contributed by atoms with Crippen LogP contribution in [0.5, 0.6) is 0 Å². The average molecular weight is 437 g/mol. The second-order valence-corrected chi connectivity index (χ2v) is 10.1. The molecule has 7 heteroatoms. The Kier molecular flexibility index (Phi) is 8.83. The van der Waals surface area contributed by atoms with Crippen LogP contribution in [0.2, 0.25) is 0 Å². The lowest BCUT2D eigenvalue weighted by Crippen LogP contribution is -2.49. The van der Waals surface area contributed by atoms with E-state index in [0.29, 0.717) is 19.3 Å². The van der Waals surface area contributed by atoms with Gasteiger partial charge in [0.25, 0.3) is 0 Å². The Hall–Kier alpha value is -1.27. The first-order valence-corrected chi connectivity index (χ1v) is 11.1. The maximum absolute atomic E-state index is 13.5. The smallest absolute Gasteiger partial charge is 0.422 e. The van der Waals surface area contributed by atoms with Gasteiger partial charge in [-0.3, -0.25) is 9.59 Å². The lowest BCUT2D eigenvalue weighted by atomic mass is 9.67. The van der Waals surface area contributed by atoms with E-state index in [0.717, 1.165) is 19.3 Å². The zero-order chi connectivity index (χ0) is 23.4. The summed E-state index contributed by atoms with van der Waals surface area (Å²) >= 11 is 0. The quantitative estimate of drug-likeness (QED) is 0.369. The van der Waals surface area contributed by atoms with Crippen LogP contribution >= 0.6 is 0 Å². The molecule has 0 bridgehead atoms. The molecular weight excluding hydrogens is 397 g/mol. The fourth-order valence-electron chi connectivity index (χ4n) is 4.43. The molecule has 0 aromatic rings. The minimum atomic E-state index is -4.59. The van der Waals surface area contributed by atoms with Gasteiger partial charge in [0.1, 0.15) is 5.60 Å². The maximum Gasteiger partial charge on any atom is 0.422 e. The topological polar surface area (TPSA) is 52.6 Å². The van der Waals surface area contributed by atoms with E-state index in [2.05, 4.69) is 25.5 Å². The monoisotopic (exact) mass is 436 g/mol. The average Bonchev–Trinajstić information content (AvgIpc) is 3.08. The second-order valence-electron chi connectivity index (χ2n) is 10.1. The van der Waals surface area contributed by atoms with E-state index in [1.807, 2.05) is 20.8 Å². The molecular formula is C23H39F3O4. The van der Waals surface area contributed by atoms with Crippen molar-refractivity contribution in [2.24, 2.45) is 22.7 Å². The van der Waals surface area contributed by atoms with Gasteiger partial charge < -0.3 is 9.47 Å². The fraction of sp³-hybridized carbons (Fsp3) is 0.913. The van der Waals surface area contributed by atoms with Crippen LogP contribution in [0, 0.1) is 22.7 Å². The van der Waals surface area contributed by atoms with Crippen molar-refractivity contribution in [1.82, 2.24) is 0 Å². The maximum atomic E-state index is 13.5. The predicted octanol–water partition coefficient (Wildman–Crippen LogP) is 6.46. The number of carbonyl (C=O) groups is 2. The van der Waals surface area contributed by atoms with E-state index < -0.39 is 35.7 Å². The van der Waals surface area contributed by atoms with Crippen LogP contribution in [0.25, 0.3) is 0 Å². The summed E-state index contributed by atoms with van der Waals surface area (Å²) in [4.78, 5) is 26.0. The number of esters is 2. The Morgan fingerprint density at radius 3 is 1.97 bits per heavy atom. The Morgan fingerprint density at radius 1 is 1.03 bits per heavy atom. The van der Waals surface area contributed by atoms with Gasteiger partial charge >= 0.3 is 18.1 Å². The zero-order valence-corrected chi connectivity index (χ0v) is 19.6. The van der Waals surface area contributed by atoms with Crippen molar-refractivity contribution in [3.05, 3.63) is 0 Å². The molecule has 4 nitrogen and oxygen atoms in total. The van der Waals surface area contributed by atoms with Crippen molar-refractivity contribution >= 4 is 11.9 Å². The summed E-state index contributed by atoms with van der Waals surface area (Å²) in [6, 6.07) is 0. The largest absolute Gasteiger partial charge is 0.458 e. The molecule has 2 unspecified atom stereocenters. The lowest BCUT2D eigenvalue weighted by molar-refractivity contribution is -0.202. The van der Waals surface area contributed by atoms with Gasteiger partial charge in [0.2, 0.25) is 0 Å². The lowest BCUT2D eigenvalue weighted by Gasteiger charge is -2.42. The van der Waals surface area contributed by atoms with Crippen LogP contribution in [0.15, 0.2) is 0 Å². The van der Waals surface area contributed by atoms with Crippen molar-refractivity contribution in [3.63, 3.8) is 0 Å². The zero-order valence-electron chi connectivity index (χ0n) is 19.6. The number of alkyl halides is 3. The summed E-state index contributed by atoms with van der Waals surface area (Å²) in [5.74, 6) is -2.21. The van der Waals surface area contributed by atoms with Crippen molar-refractivity contribution in [2.75, 3.05) is 6.61 Å². The molecule has 1 aliphatic rings. The molecule has 176 valence electrons. The van der Waals surface area contributed by atoms with Gasteiger partial charge in [0.15, 0.2) is 6.61 Å². The van der Waals surface area contributed by atoms with E-state index >= 15 is 0 Å². The molecule has 0 saturated heterocycles. The van der Waals surface area contributed by atoms with E-state index in [1.54, 1.807) is 6.92 Å². The third-order valence-electron chi connectivity index (χ3n) is 7.00. The standard InChI is InChI=1S/C23H39F3O4/c1-8-17(18(27)29-15-23(24,25)26)22(12-10-11-13-22)30-19(28)21(7,16(3)4)14-20(5,6)9-2/h16-17H,8-15H2,1-7H3. The Labute approximate surface area is 179 Å². The summed E-state index contributed by atoms with van der Waals surface area (Å²) in [6.45, 7) is 12.2. The van der Waals surface area contributed by atoms with Gasteiger partial charge in [-0.1, -0.05) is 48.0 Å². The van der Waals surface area contributed by atoms with Crippen molar-refractivity contribution in [3.8, 4) is 0 Å². The van der Waals surface area contributed by atoms with Gasteiger partial charge in [-0.25, -0.2) is 0 Å². The van der Waals surface area contributed by atoms with Crippen LogP contribution in [0.3, 0.4) is 0 Å². The summed E-state index contributed by atoms with van der Waals surface area (Å²) in [5.41, 5.74) is -1.93. The van der Waals surface area contributed by atoms with Crippen LogP contribution in [-0.4, -0.2) is 30.3 Å². The number of rotatable bonds is 10. The van der Waals surface area contributed by atoms with Gasteiger partial charge in [-0.05, 0) is 56.8 Å². The molecule has 0 spiro atoms. The van der Waals surface area contributed by atoms with Crippen molar-refractivity contribution in [2.45, 2.75) is 105 Å². The molecule has 30 heavy (non-hydrogen) atoms. The second kappa shape index (κ2) is 9.90. The van der Waals surface area contributed by atoms with Gasteiger partial charge in [0.05, 0.1) is 11.3 Å². The molecule has 1 fully saturated rings. The highest BCUT2D eigenvalue weighted by Gasteiger charge is 2.52. The normalized spacial score (nSPS) is 20.0. The number of hydrogen-bond acceptors (Lipinski definition) is 4. The molecule has 0 N–H and O–H groups in total. The Morgan fingerprint density at radius 2 is 1.57 bits per heavy atom. The van der Waals surface area contributed by atoms with E-state index in [1.165, 1.54) is 0 Å². The van der Waals surface area contributed by atoms with E-state index in [-0.39, 0.29) is 23.7 Å². The van der Waals surface area contributed by atoms with Crippen LogP contribution < -0.4 is 0 Å². The molecule has 2 atom stereocenters.